The van der Waals surface area contributed by atoms with E-state index in [1.54, 1.807) is 25.1 Å². The number of aryl methyl sites for hydroxylation is 1. The monoisotopic (exact) mass is 334 g/mol. The van der Waals surface area contributed by atoms with Crippen LogP contribution in [0.15, 0.2) is 36.4 Å². The van der Waals surface area contributed by atoms with E-state index >= 15 is 0 Å². The van der Waals surface area contributed by atoms with Crippen molar-refractivity contribution in [1.82, 2.24) is 0 Å². The summed E-state index contributed by atoms with van der Waals surface area (Å²) >= 11 is 0. The molecule has 0 bridgehead atoms. The average molecular weight is 334 g/mol. The number of aliphatic carboxylic acids is 2. The van der Waals surface area contributed by atoms with Crippen molar-refractivity contribution in [2.24, 2.45) is 5.41 Å². The third-order valence-electron chi connectivity index (χ3n) is 3.62. The first-order valence-electron chi connectivity index (χ1n) is 7.11. The van der Waals surface area contributed by atoms with Gasteiger partial charge in [0.1, 0.15) is 5.75 Å². The van der Waals surface area contributed by atoms with Gasteiger partial charge in [0.25, 0.3) is 0 Å². The molecule has 0 saturated heterocycles. The molecule has 0 radical (unpaired) electrons. The molecule has 0 saturated carbocycles. The second kappa shape index (κ2) is 8.26. The zero-order valence-electron chi connectivity index (χ0n) is 13.5. The quantitative estimate of drug-likeness (QED) is 0.335. The maximum atomic E-state index is 12.1. The molecule has 1 atom stereocenters. The summed E-state index contributed by atoms with van der Waals surface area (Å²) in [6, 6.07) is 6.56. The molecule has 7 heteroatoms. The van der Waals surface area contributed by atoms with Crippen LogP contribution in [0.4, 0.5) is 0 Å². The Morgan fingerprint density at radius 1 is 1.25 bits per heavy atom. The highest BCUT2D eigenvalue weighted by Crippen LogP contribution is 2.34. The van der Waals surface area contributed by atoms with E-state index in [2.05, 4.69) is 6.58 Å². The van der Waals surface area contributed by atoms with Crippen LogP contribution in [0.25, 0.3) is 0 Å². The lowest BCUT2D eigenvalue weighted by atomic mass is 9.75. The minimum absolute atomic E-state index is 0.113. The lowest BCUT2D eigenvalue weighted by molar-refractivity contribution is -0.322. The highest BCUT2D eigenvalue weighted by Gasteiger charge is 2.38. The molecule has 1 unspecified atom stereocenters. The van der Waals surface area contributed by atoms with Crippen molar-refractivity contribution in [1.29, 1.82) is 0 Å². The highest BCUT2D eigenvalue weighted by molar-refractivity contribution is 5.96. The molecular weight excluding hydrogens is 316 g/mol. The molecule has 0 aliphatic rings. The Morgan fingerprint density at radius 3 is 2.42 bits per heavy atom. The summed E-state index contributed by atoms with van der Waals surface area (Å²) in [6.45, 7) is 4.91. The van der Waals surface area contributed by atoms with Gasteiger partial charge in [-0.25, -0.2) is 0 Å². The Balaban J connectivity index is 3.06. The molecular formula is C17H18O7-2. The van der Waals surface area contributed by atoms with E-state index in [1.165, 1.54) is 13.2 Å². The lowest BCUT2D eigenvalue weighted by Gasteiger charge is -2.36. The van der Waals surface area contributed by atoms with E-state index in [0.29, 0.717) is 0 Å². The molecule has 0 fully saturated rings. The van der Waals surface area contributed by atoms with Gasteiger partial charge >= 0.3 is 5.97 Å². The van der Waals surface area contributed by atoms with Crippen LogP contribution in [-0.4, -0.2) is 31.6 Å². The smallest absolute Gasteiger partial charge is 0.312 e. The van der Waals surface area contributed by atoms with Crippen molar-refractivity contribution in [3.8, 4) is 5.75 Å². The molecule has 0 heterocycles. The van der Waals surface area contributed by atoms with E-state index < -0.39 is 35.3 Å². The van der Waals surface area contributed by atoms with E-state index in [0.717, 1.165) is 5.56 Å². The van der Waals surface area contributed by atoms with Crippen LogP contribution >= 0.6 is 0 Å². The number of ether oxygens (including phenoxy) is 2. The molecule has 0 amide bonds. The number of carbonyl (C=O) groups is 3. The highest BCUT2D eigenvalue weighted by atomic mass is 16.5. The van der Waals surface area contributed by atoms with Crippen LogP contribution in [0.3, 0.4) is 0 Å². The van der Waals surface area contributed by atoms with Crippen molar-refractivity contribution < 1.29 is 34.1 Å². The number of carbonyl (C=O) groups excluding carboxylic acids is 3. The van der Waals surface area contributed by atoms with Gasteiger partial charge in [-0.2, -0.15) is 0 Å². The number of rotatable bonds is 9. The first kappa shape index (κ1) is 19.4. The Bertz CT molecular complexity index is 650. The van der Waals surface area contributed by atoms with Crippen LogP contribution in [-0.2, 0) is 19.1 Å². The standard InChI is InChI=1S/C17H20O7/c1-11-5-4-6-13(9-11)24-14(18)10-17(16(21)22,7-8-23-3)12(2)15(19)20/h4-6,9H,2,7-8,10H2,1,3H3,(H,19,20)(H,21,22)/p-2. The Hall–Kier alpha value is -2.67. The number of benzene rings is 1. The lowest BCUT2D eigenvalue weighted by Crippen LogP contribution is -2.49. The zero-order valence-corrected chi connectivity index (χ0v) is 13.5. The molecule has 1 aromatic carbocycles. The predicted molar refractivity (Wildman–Crippen MR) is 79.5 cm³/mol. The first-order chi connectivity index (χ1) is 11.2. The molecule has 130 valence electrons. The number of carboxylic acid groups (broad SMARTS) is 2. The summed E-state index contributed by atoms with van der Waals surface area (Å²) in [5.74, 6) is -4.24. The summed E-state index contributed by atoms with van der Waals surface area (Å²) < 4.78 is 9.88. The molecule has 1 aromatic rings. The average Bonchev–Trinajstić information content (AvgIpc) is 2.50. The number of hydrogen-bond acceptors (Lipinski definition) is 7. The van der Waals surface area contributed by atoms with Gasteiger partial charge in [-0.05, 0) is 36.6 Å². The predicted octanol–water partition coefficient (Wildman–Crippen LogP) is -0.631. The zero-order chi connectivity index (χ0) is 18.3. The topological polar surface area (TPSA) is 116 Å². The van der Waals surface area contributed by atoms with E-state index in [-0.39, 0.29) is 18.8 Å². The fraction of sp³-hybridized carbons (Fsp3) is 0.353. The maximum Gasteiger partial charge on any atom is 0.312 e. The summed E-state index contributed by atoms with van der Waals surface area (Å²) in [5, 5.41) is 22.7. The molecule has 7 nitrogen and oxygen atoms in total. The maximum absolute atomic E-state index is 12.1. The van der Waals surface area contributed by atoms with Crippen LogP contribution in [0.2, 0.25) is 0 Å². The molecule has 0 aromatic heterocycles. The molecule has 24 heavy (non-hydrogen) atoms. The van der Waals surface area contributed by atoms with E-state index in [1.807, 2.05) is 0 Å². The van der Waals surface area contributed by atoms with Crippen molar-refractivity contribution in [2.45, 2.75) is 19.8 Å². The number of methoxy groups -OCH3 is 1. The van der Waals surface area contributed by atoms with Gasteiger partial charge in [0.05, 0.1) is 18.4 Å². The summed E-state index contributed by atoms with van der Waals surface area (Å²) in [7, 11) is 1.31. The Kier molecular flexibility index (Phi) is 6.67. The summed E-state index contributed by atoms with van der Waals surface area (Å²) in [6.07, 6.45) is -1.08. The molecule has 0 aliphatic heterocycles. The largest absolute Gasteiger partial charge is 0.549 e. The Labute approximate surface area is 139 Å². The van der Waals surface area contributed by atoms with Crippen LogP contribution in [0.5, 0.6) is 5.75 Å². The molecule has 0 spiro atoms. The van der Waals surface area contributed by atoms with Crippen molar-refractivity contribution >= 4 is 17.9 Å². The van der Waals surface area contributed by atoms with Gasteiger partial charge in [-0.15, -0.1) is 0 Å². The second-order valence-corrected chi connectivity index (χ2v) is 5.35. The number of esters is 1. The third kappa shape index (κ3) is 4.66. The van der Waals surface area contributed by atoms with Gasteiger partial charge in [-0.3, -0.25) is 4.79 Å². The minimum atomic E-state index is -2.17. The molecule has 0 N–H and O–H groups in total. The number of hydrogen-bond donors (Lipinski definition) is 0. The SMILES string of the molecule is C=C(C(=O)[O-])C(CCOC)(CC(=O)Oc1cccc(C)c1)C(=O)[O-]. The summed E-state index contributed by atoms with van der Waals surface area (Å²) in [5.41, 5.74) is -2.10. The van der Waals surface area contributed by atoms with Gasteiger partial charge in [0.2, 0.25) is 0 Å². The summed E-state index contributed by atoms with van der Waals surface area (Å²) in [4.78, 5) is 34.8. The van der Waals surface area contributed by atoms with E-state index in [9.17, 15) is 24.6 Å². The second-order valence-electron chi connectivity index (χ2n) is 5.35. The van der Waals surface area contributed by atoms with Gasteiger partial charge in [0.15, 0.2) is 0 Å². The van der Waals surface area contributed by atoms with Gasteiger partial charge < -0.3 is 29.3 Å². The first-order valence-corrected chi connectivity index (χ1v) is 7.11. The third-order valence-corrected chi connectivity index (χ3v) is 3.62. The van der Waals surface area contributed by atoms with E-state index in [4.69, 9.17) is 9.47 Å². The van der Waals surface area contributed by atoms with Crippen LogP contribution in [0, 0.1) is 12.3 Å². The van der Waals surface area contributed by atoms with Crippen molar-refractivity contribution in [3.05, 3.63) is 42.0 Å². The normalized spacial score (nSPS) is 12.9. The van der Waals surface area contributed by atoms with Crippen LogP contribution in [0.1, 0.15) is 18.4 Å². The molecule has 0 aliphatic carbocycles. The molecule has 1 rings (SSSR count). The minimum Gasteiger partial charge on any atom is -0.549 e. The number of carboxylic acids is 2. The van der Waals surface area contributed by atoms with Gasteiger partial charge in [0, 0.05) is 19.1 Å². The van der Waals surface area contributed by atoms with Crippen LogP contribution < -0.4 is 14.9 Å². The fourth-order valence-electron chi connectivity index (χ4n) is 2.21. The van der Waals surface area contributed by atoms with Crippen molar-refractivity contribution in [3.63, 3.8) is 0 Å². The van der Waals surface area contributed by atoms with Crippen molar-refractivity contribution in [2.75, 3.05) is 13.7 Å². The fourth-order valence-corrected chi connectivity index (χ4v) is 2.21. The van der Waals surface area contributed by atoms with Gasteiger partial charge in [-0.1, -0.05) is 18.7 Å². The Morgan fingerprint density at radius 2 is 1.92 bits per heavy atom.